The van der Waals surface area contributed by atoms with Crippen LogP contribution in [0.15, 0.2) is 18.2 Å². The Bertz CT molecular complexity index is 380. The molecule has 0 spiro atoms. The molecule has 0 aliphatic carbocycles. The van der Waals surface area contributed by atoms with Crippen molar-refractivity contribution in [1.82, 2.24) is 4.90 Å². The van der Waals surface area contributed by atoms with E-state index >= 15 is 0 Å². The lowest BCUT2D eigenvalue weighted by atomic mass is 10.1. The number of rotatable bonds is 6. The first-order valence-electron chi connectivity index (χ1n) is 6.25. The van der Waals surface area contributed by atoms with Crippen LogP contribution in [0.25, 0.3) is 0 Å². The lowest BCUT2D eigenvalue weighted by Crippen LogP contribution is -2.24. The molecule has 0 fully saturated rings. The smallest absolute Gasteiger partial charge is 0.146 e. The Labute approximate surface area is 109 Å². The number of hydrogen-bond acceptors (Lipinski definition) is 3. The van der Waals surface area contributed by atoms with E-state index in [2.05, 4.69) is 4.90 Å². The number of benzene rings is 1. The van der Waals surface area contributed by atoms with Crippen LogP contribution in [-0.4, -0.2) is 44.2 Å². The second-order valence-corrected chi connectivity index (χ2v) is 4.97. The van der Waals surface area contributed by atoms with Crippen LogP contribution in [0.4, 0.5) is 10.1 Å². The van der Waals surface area contributed by atoms with Crippen molar-refractivity contribution in [2.45, 2.75) is 19.4 Å². The van der Waals surface area contributed by atoms with Gasteiger partial charge in [-0.1, -0.05) is 6.07 Å². The average Bonchev–Trinajstić information content (AvgIpc) is 2.27. The van der Waals surface area contributed by atoms with Gasteiger partial charge in [-0.05, 0) is 51.7 Å². The molecule has 1 N–H and O–H groups in total. The second kappa shape index (κ2) is 6.71. The van der Waals surface area contributed by atoms with E-state index in [1.807, 2.05) is 26.0 Å². The summed E-state index contributed by atoms with van der Waals surface area (Å²) in [7, 11) is 5.94. The molecular formula is C14H23FN2O. The van der Waals surface area contributed by atoms with E-state index in [9.17, 15) is 9.50 Å². The Kier molecular flexibility index (Phi) is 5.56. The van der Waals surface area contributed by atoms with Gasteiger partial charge in [-0.2, -0.15) is 0 Å². The molecule has 1 aromatic carbocycles. The maximum Gasteiger partial charge on any atom is 0.146 e. The van der Waals surface area contributed by atoms with Gasteiger partial charge >= 0.3 is 0 Å². The third-order valence-corrected chi connectivity index (χ3v) is 2.96. The fourth-order valence-electron chi connectivity index (χ4n) is 1.84. The SMILES string of the molecule is C[C@@H](O)c1ccc(N(C)CCCN(C)C)c(F)c1. The van der Waals surface area contributed by atoms with E-state index in [0.29, 0.717) is 11.3 Å². The largest absolute Gasteiger partial charge is 0.389 e. The zero-order chi connectivity index (χ0) is 13.7. The quantitative estimate of drug-likeness (QED) is 0.843. The van der Waals surface area contributed by atoms with Gasteiger partial charge in [0.05, 0.1) is 11.8 Å². The summed E-state index contributed by atoms with van der Waals surface area (Å²) in [6.45, 7) is 3.43. The normalized spacial score (nSPS) is 12.8. The predicted molar refractivity (Wildman–Crippen MR) is 73.5 cm³/mol. The van der Waals surface area contributed by atoms with Crippen LogP contribution in [0.2, 0.25) is 0 Å². The molecule has 1 aromatic rings. The highest BCUT2D eigenvalue weighted by molar-refractivity contribution is 5.48. The van der Waals surface area contributed by atoms with Crippen LogP contribution in [0.3, 0.4) is 0 Å². The van der Waals surface area contributed by atoms with E-state index in [-0.39, 0.29) is 5.82 Å². The van der Waals surface area contributed by atoms with Crippen LogP contribution < -0.4 is 4.90 Å². The molecular weight excluding hydrogens is 231 g/mol. The molecule has 1 rings (SSSR count). The van der Waals surface area contributed by atoms with Crippen molar-refractivity contribution in [3.05, 3.63) is 29.6 Å². The van der Waals surface area contributed by atoms with Gasteiger partial charge < -0.3 is 14.9 Å². The van der Waals surface area contributed by atoms with Gasteiger partial charge in [0, 0.05) is 13.6 Å². The first kappa shape index (κ1) is 14.9. The topological polar surface area (TPSA) is 26.7 Å². The van der Waals surface area contributed by atoms with Crippen LogP contribution in [-0.2, 0) is 0 Å². The van der Waals surface area contributed by atoms with Crippen molar-refractivity contribution >= 4 is 5.69 Å². The molecule has 0 saturated heterocycles. The minimum absolute atomic E-state index is 0.277. The number of anilines is 1. The van der Waals surface area contributed by atoms with Crippen LogP contribution >= 0.6 is 0 Å². The Morgan fingerprint density at radius 1 is 1.22 bits per heavy atom. The van der Waals surface area contributed by atoms with Crippen LogP contribution in [0.1, 0.15) is 25.0 Å². The molecule has 0 heterocycles. The second-order valence-electron chi connectivity index (χ2n) is 4.97. The van der Waals surface area contributed by atoms with Crippen molar-refractivity contribution < 1.29 is 9.50 Å². The van der Waals surface area contributed by atoms with Crippen molar-refractivity contribution in [3.8, 4) is 0 Å². The highest BCUT2D eigenvalue weighted by Gasteiger charge is 2.10. The zero-order valence-corrected chi connectivity index (χ0v) is 11.7. The molecule has 0 aliphatic rings. The summed E-state index contributed by atoms with van der Waals surface area (Å²) in [5.41, 5.74) is 1.19. The highest BCUT2D eigenvalue weighted by atomic mass is 19.1. The molecule has 0 aliphatic heterocycles. The molecule has 18 heavy (non-hydrogen) atoms. The van der Waals surface area contributed by atoms with Gasteiger partial charge in [0.15, 0.2) is 0 Å². The molecule has 3 nitrogen and oxygen atoms in total. The van der Waals surface area contributed by atoms with Crippen molar-refractivity contribution in [2.24, 2.45) is 0 Å². The van der Waals surface area contributed by atoms with Crippen molar-refractivity contribution in [2.75, 3.05) is 39.1 Å². The Balaban J connectivity index is 2.65. The first-order valence-corrected chi connectivity index (χ1v) is 6.25. The minimum Gasteiger partial charge on any atom is -0.389 e. The van der Waals surface area contributed by atoms with E-state index in [4.69, 9.17) is 0 Å². The number of nitrogens with zero attached hydrogens (tertiary/aromatic N) is 2. The van der Waals surface area contributed by atoms with Gasteiger partial charge in [-0.3, -0.25) is 0 Å². The summed E-state index contributed by atoms with van der Waals surface area (Å²) in [6.07, 6.45) is 0.355. The van der Waals surface area contributed by atoms with E-state index in [1.165, 1.54) is 6.07 Å². The summed E-state index contributed by atoms with van der Waals surface area (Å²) >= 11 is 0. The summed E-state index contributed by atoms with van der Waals surface area (Å²) in [5, 5.41) is 9.39. The number of aliphatic hydroxyl groups is 1. The fraction of sp³-hybridized carbons (Fsp3) is 0.571. The molecule has 0 aromatic heterocycles. The van der Waals surface area contributed by atoms with E-state index in [0.717, 1.165) is 19.5 Å². The summed E-state index contributed by atoms with van der Waals surface area (Å²) in [5.74, 6) is -0.277. The Morgan fingerprint density at radius 3 is 2.39 bits per heavy atom. The summed E-state index contributed by atoms with van der Waals surface area (Å²) in [6, 6.07) is 4.90. The Morgan fingerprint density at radius 2 is 1.89 bits per heavy atom. The number of aliphatic hydroxyl groups excluding tert-OH is 1. The van der Waals surface area contributed by atoms with E-state index in [1.54, 1.807) is 19.1 Å². The van der Waals surface area contributed by atoms with E-state index < -0.39 is 6.10 Å². The highest BCUT2D eigenvalue weighted by Crippen LogP contribution is 2.22. The molecule has 0 saturated carbocycles. The maximum absolute atomic E-state index is 13.9. The third-order valence-electron chi connectivity index (χ3n) is 2.96. The monoisotopic (exact) mass is 254 g/mol. The molecule has 0 unspecified atom stereocenters. The standard InChI is InChI=1S/C14H23FN2O/c1-11(18)12-6-7-14(13(15)10-12)17(4)9-5-8-16(2)3/h6-7,10-11,18H,5,8-9H2,1-4H3/t11-/m1/s1. The molecule has 0 amide bonds. The summed E-state index contributed by atoms with van der Waals surface area (Å²) in [4.78, 5) is 4.02. The van der Waals surface area contributed by atoms with Crippen molar-refractivity contribution in [1.29, 1.82) is 0 Å². The van der Waals surface area contributed by atoms with Crippen molar-refractivity contribution in [3.63, 3.8) is 0 Å². The van der Waals surface area contributed by atoms with Gasteiger partial charge in [-0.25, -0.2) is 4.39 Å². The van der Waals surface area contributed by atoms with Crippen LogP contribution in [0.5, 0.6) is 0 Å². The fourth-order valence-corrected chi connectivity index (χ4v) is 1.84. The molecule has 102 valence electrons. The van der Waals surface area contributed by atoms with Gasteiger partial charge in [0.1, 0.15) is 5.82 Å². The molecule has 1 atom stereocenters. The molecule has 4 heteroatoms. The van der Waals surface area contributed by atoms with Gasteiger partial charge in [-0.15, -0.1) is 0 Å². The number of halogens is 1. The third kappa shape index (κ3) is 4.27. The predicted octanol–water partition coefficient (Wildman–Crippen LogP) is 2.27. The average molecular weight is 254 g/mol. The molecule has 0 radical (unpaired) electrons. The lowest BCUT2D eigenvalue weighted by molar-refractivity contribution is 0.199. The van der Waals surface area contributed by atoms with Gasteiger partial charge in [0.2, 0.25) is 0 Å². The zero-order valence-electron chi connectivity index (χ0n) is 11.7. The van der Waals surface area contributed by atoms with Gasteiger partial charge in [0.25, 0.3) is 0 Å². The lowest BCUT2D eigenvalue weighted by Gasteiger charge is -2.21. The first-order chi connectivity index (χ1) is 8.41. The molecule has 0 bridgehead atoms. The number of hydrogen-bond donors (Lipinski definition) is 1. The van der Waals surface area contributed by atoms with Crippen LogP contribution in [0, 0.1) is 5.82 Å². The maximum atomic E-state index is 13.9. The Hall–Kier alpha value is -1.13. The minimum atomic E-state index is -0.632. The summed E-state index contributed by atoms with van der Waals surface area (Å²) < 4.78 is 13.9.